The van der Waals surface area contributed by atoms with Crippen LogP contribution in [-0.4, -0.2) is 60.1 Å². The van der Waals surface area contributed by atoms with Crippen molar-refractivity contribution >= 4 is 18.3 Å². The summed E-state index contributed by atoms with van der Waals surface area (Å²) in [7, 11) is 1.99. The number of likely N-dealkylation sites (N-methyl/N-ethyl adjacent to an activating group) is 1. The van der Waals surface area contributed by atoms with E-state index in [1.165, 1.54) is 25.7 Å². The summed E-state index contributed by atoms with van der Waals surface area (Å²) in [4.78, 5) is 17.8. The maximum atomic E-state index is 13.2. The van der Waals surface area contributed by atoms with Crippen LogP contribution in [0, 0.1) is 0 Å². The Kier molecular flexibility index (Phi) is 6.42. The molecule has 3 heterocycles. The molecule has 5 aliphatic rings. The van der Waals surface area contributed by atoms with Crippen molar-refractivity contribution in [2.24, 2.45) is 0 Å². The molecule has 0 N–H and O–H groups in total. The number of likely N-dealkylation sites (tertiary alicyclic amines) is 1. The van der Waals surface area contributed by atoms with Gasteiger partial charge in [-0.25, -0.2) is 0 Å². The lowest BCUT2D eigenvalue weighted by atomic mass is 9.76. The lowest BCUT2D eigenvalue weighted by Gasteiger charge is -2.48. The largest absolute Gasteiger partial charge is 0.461 e. The topological polar surface area (TPSA) is 45.9 Å². The molecule has 5 rings (SSSR count). The maximum Gasteiger partial charge on any atom is 0.230 e. The van der Waals surface area contributed by atoms with Gasteiger partial charge in [-0.05, 0) is 76.2 Å². The number of ether oxygens (including phenoxy) is 1. The molecule has 0 aromatic rings. The molecule has 6 heteroatoms. The van der Waals surface area contributed by atoms with E-state index >= 15 is 0 Å². The van der Waals surface area contributed by atoms with Gasteiger partial charge in [0.25, 0.3) is 0 Å². The number of rotatable bonds is 4. The molecular weight excluding hydrogens is 400 g/mol. The highest BCUT2D eigenvalue weighted by atomic mass is 35.5. The van der Waals surface area contributed by atoms with Gasteiger partial charge < -0.3 is 14.1 Å². The average molecular weight is 433 g/mol. The second kappa shape index (κ2) is 8.89. The van der Waals surface area contributed by atoms with Gasteiger partial charge in [0.05, 0.1) is 12.0 Å². The lowest BCUT2D eigenvalue weighted by molar-refractivity contribution is -0.137. The van der Waals surface area contributed by atoms with Gasteiger partial charge in [-0.2, -0.15) is 0 Å². The van der Waals surface area contributed by atoms with Crippen molar-refractivity contribution in [3.05, 3.63) is 36.1 Å². The van der Waals surface area contributed by atoms with Crippen molar-refractivity contribution in [2.45, 2.75) is 69.1 Å². The Morgan fingerprint density at radius 1 is 1.17 bits per heavy atom. The van der Waals surface area contributed by atoms with Crippen molar-refractivity contribution in [1.82, 2.24) is 9.80 Å². The molecule has 0 bridgehead atoms. The van der Waals surface area contributed by atoms with Crippen molar-refractivity contribution in [3.8, 4) is 11.3 Å². The molecule has 2 saturated heterocycles. The third kappa shape index (κ3) is 4.12. The predicted molar refractivity (Wildman–Crippen MR) is 119 cm³/mol. The van der Waals surface area contributed by atoms with Gasteiger partial charge in [-0.15, -0.1) is 12.4 Å². The summed E-state index contributed by atoms with van der Waals surface area (Å²) in [6.45, 7) is 3.21. The highest BCUT2D eigenvalue weighted by molar-refractivity contribution is 5.85. The fourth-order valence-corrected chi connectivity index (χ4v) is 5.79. The zero-order chi connectivity index (χ0) is 19.8. The van der Waals surface area contributed by atoms with E-state index in [1.807, 2.05) is 42.3 Å². The summed E-state index contributed by atoms with van der Waals surface area (Å²) in [5.74, 6) is 1.74. The average Bonchev–Trinajstić information content (AvgIpc) is 3.49. The van der Waals surface area contributed by atoms with Crippen molar-refractivity contribution in [2.75, 3.05) is 26.7 Å². The quantitative estimate of drug-likeness (QED) is 0.719. The summed E-state index contributed by atoms with van der Waals surface area (Å²) in [5, 5.41) is 0. The van der Waals surface area contributed by atoms with Gasteiger partial charge in [0.1, 0.15) is 11.5 Å². The minimum Gasteiger partial charge on any atom is -0.461 e. The Bertz CT molecular complexity index is 826. The Morgan fingerprint density at radius 2 is 2.00 bits per heavy atom. The predicted octanol–water partition coefficient (Wildman–Crippen LogP) is 4.37. The molecule has 164 valence electrons. The van der Waals surface area contributed by atoms with Crippen LogP contribution in [0.1, 0.15) is 50.7 Å². The number of fused-ring (bicyclic) bond motifs is 1. The Hall–Kier alpha value is -1.56. The first-order chi connectivity index (χ1) is 14.1. The molecule has 3 aliphatic heterocycles. The van der Waals surface area contributed by atoms with Crippen LogP contribution in [0.2, 0.25) is 0 Å². The molecule has 3 fully saturated rings. The van der Waals surface area contributed by atoms with Crippen LogP contribution < -0.4 is 0 Å². The SMILES string of the molecule is CN(C(=O)Cc1ccc2cccc-2o1)[C@H]1CC[C@]2(CCCO2)C[C@@H]1N1CCCC1.Cl. The number of nitrogens with zero attached hydrogens (tertiary/aromatic N) is 2. The molecule has 30 heavy (non-hydrogen) atoms. The van der Waals surface area contributed by atoms with Gasteiger partial charge in [0.15, 0.2) is 0 Å². The Balaban J connectivity index is 0.00000218. The van der Waals surface area contributed by atoms with Gasteiger partial charge in [-0.3, -0.25) is 9.69 Å². The molecule has 3 atom stereocenters. The molecule has 0 aromatic carbocycles. The molecule has 0 aromatic heterocycles. The molecule has 2 aliphatic carbocycles. The van der Waals surface area contributed by atoms with Crippen LogP contribution in [0.5, 0.6) is 0 Å². The van der Waals surface area contributed by atoms with E-state index < -0.39 is 0 Å². The zero-order valence-electron chi connectivity index (χ0n) is 17.8. The number of carbonyl (C=O) groups is 1. The third-order valence-corrected chi connectivity index (χ3v) is 7.43. The molecule has 0 radical (unpaired) electrons. The second-order valence-electron chi connectivity index (χ2n) is 9.18. The lowest BCUT2D eigenvalue weighted by Crippen LogP contribution is -2.58. The molecule has 1 amide bonds. The van der Waals surface area contributed by atoms with Crippen LogP contribution >= 0.6 is 12.4 Å². The minimum atomic E-state index is 0. The summed E-state index contributed by atoms with van der Waals surface area (Å²) >= 11 is 0. The van der Waals surface area contributed by atoms with Crippen molar-refractivity contribution in [3.63, 3.8) is 0 Å². The molecule has 5 nitrogen and oxygen atoms in total. The summed E-state index contributed by atoms with van der Waals surface area (Å²) in [6, 6.07) is 10.6. The number of hydrogen-bond donors (Lipinski definition) is 0. The fourth-order valence-electron chi connectivity index (χ4n) is 5.79. The number of halogens is 1. The van der Waals surface area contributed by atoms with Crippen LogP contribution in [0.4, 0.5) is 0 Å². The highest BCUT2D eigenvalue weighted by Crippen LogP contribution is 2.43. The number of carbonyl (C=O) groups excluding carboxylic acids is 1. The minimum absolute atomic E-state index is 0. The van der Waals surface area contributed by atoms with E-state index in [0.717, 1.165) is 56.0 Å². The zero-order valence-corrected chi connectivity index (χ0v) is 18.7. The van der Waals surface area contributed by atoms with Gasteiger partial charge >= 0.3 is 0 Å². The molecule has 1 spiro atoms. The summed E-state index contributed by atoms with van der Waals surface area (Å²) in [6.07, 6.45) is 8.40. The van der Waals surface area contributed by atoms with E-state index in [4.69, 9.17) is 9.15 Å². The van der Waals surface area contributed by atoms with E-state index in [9.17, 15) is 4.79 Å². The monoisotopic (exact) mass is 432 g/mol. The van der Waals surface area contributed by atoms with Gasteiger partial charge in [-0.1, -0.05) is 12.1 Å². The molecular formula is C24H33ClN2O3. The van der Waals surface area contributed by atoms with Crippen LogP contribution in [-0.2, 0) is 16.0 Å². The smallest absolute Gasteiger partial charge is 0.230 e. The Morgan fingerprint density at radius 3 is 2.77 bits per heavy atom. The van der Waals surface area contributed by atoms with E-state index in [0.29, 0.717) is 12.5 Å². The first kappa shape index (κ1) is 21.7. The van der Waals surface area contributed by atoms with Crippen LogP contribution in [0.3, 0.4) is 0 Å². The van der Waals surface area contributed by atoms with Gasteiger partial charge in [0, 0.05) is 31.3 Å². The van der Waals surface area contributed by atoms with E-state index in [2.05, 4.69) is 4.90 Å². The number of amides is 1. The second-order valence-corrected chi connectivity index (χ2v) is 9.18. The van der Waals surface area contributed by atoms with E-state index in [-0.39, 0.29) is 30.0 Å². The number of hydrogen-bond acceptors (Lipinski definition) is 4. The fraction of sp³-hybridized carbons (Fsp3) is 0.625. The molecule has 1 saturated carbocycles. The van der Waals surface area contributed by atoms with Crippen molar-refractivity contribution < 1.29 is 13.9 Å². The standard InChI is InChI=1S/C24H32N2O3.ClH/c1-25(23(27)16-19-9-8-18-6-4-7-22(18)29-19)20-10-12-24(11-5-15-28-24)17-21(20)26-13-2-3-14-26;/h4,6-9,20-21H,2-3,5,10-17H2,1H3;1H/t20-,21-,24+;/m0./s1. The Labute approximate surface area is 185 Å². The summed E-state index contributed by atoms with van der Waals surface area (Å²) < 4.78 is 12.2. The van der Waals surface area contributed by atoms with Gasteiger partial charge in [0.2, 0.25) is 5.91 Å². The first-order valence-electron chi connectivity index (χ1n) is 11.2. The highest BCUT2D eigenvalue weighted by Gasteiger charge is 2.47. The third-order valence-electron chi connectivity index (χ3n) is 7.43. The normalized spacial score (nSPS) is 29.4. The van der Waals surface area contributed by atoms with Crippen LogP contribution in [0.25, 0.3) is 11.3 Å². The molecule has 0 unspecified atom stereocenters. The summed E-state index contributed by atoms with van der Waals surface area (Å²) in [5.41, 5.74) is 1.14. The van der Waals surface area contributed by atoms with Crippen molar-refractivity contribution in [1.29, 1.82) is 0 Å². The van der Waals surface area contributed by atoms with E-state index in [1.54, 1.807) is 0 Å². The maximum absolute atomic E-state index is 13.2. The van der Waals surface area contributed by atoms with Crippen LogP contribution in [0.15, 0.2) is 34.7 Å². The first-order valence-corrected chi connectivity index (χ1v) is 11.2.